The molecule has 0 radical (unpaired) electrons. The number of hydrogen-bond donors (Lipinski definition) is 2. The van der Waals surface area contributed by atoms with Crippen LogP contribution in [0.3, 0.4) is 0 Å². The number of carboxylic acids is 1. The molecule has 1 aromatic heterocycles. The second-order valence-corrected chi connectivity index (χ2v) is 5.97. The number of carbonyl (C=O) groups excluding carboxylic acids is 1. The van der Waals surface area contributed by atoms with Crippen LogP contribution in [-0.2, 0) is 28.9 Å². The number of nitrogens with one attached hydrogen (secondary N) is 1. The second kappa shape index (κ2) is 5.83. The normalized spacial score (nSPS) is 14.8. The summed E-state index contributed by atoms with van der Waals surface area (Å²) in [6, 6.07) is 3.82. The molecule has 0 fully saturated rings. The third kappa shape index (κ3) is 2.98. The zero-order chi connectivity index (χ0) is 15.7. The lowest BCUT2D eigenvalue weighted by Gasteiger charge is -2.11. The highest BCUT2D eigenvalue weighted by molar-refractivity contribution is 5.89. The first-order valence-electron chi connectivity index (χ1n) is 7.56. The van der Waals surface area contributed by atoms with Crippen LogP contribution in [0.4, 0.5) is 0 Å². The summed E-state index contributed by atoms with van der Waals surface area (Å²) in [7, 11) is 0. The molecule has 1 heterocycles. The van der Waals surface area contributed by atoms with E-state index in [4.69, 9.17) is 9.52 Å². The van der Waals surface area contributed by atoms with Crippen molar-refractivity contribution in [3.05, 3.63) is 35.1 Å². The average Bonchev–Trinajstić information content (AvgIpc) is 3.02. The minimum Gasteiger partial charge on any atom is -0.481 e. The Kier molecular flexibility index (Phi) is 3.88. The summed E-state index contributed by atoms with van der Waals surface area (Å²) in [6.45, 7) is 1.69. The fourth-order valence-electron chi connectivity index (χ4n) is 3.10. The summed E-state index contributed by atoms with van der Waals surface area (Å²) in [5.41, 5.74) is 4.36. The van der Waals surface area contributed by atoms with Gasteiger partial charge in [0.25, 0.3) is 0 Å². The molecule has 3 rings (SSSR count). The van der Waals surface area contributed by atoms with Gasteiger partial charge in [0.15, 0.2) is 0 Å². The molecule has 5 nitrogen and oxygen atoms in total. The number of hydrogen-bond acceptors (Lipinski definition) is 3. The van der Waals surface area contributed by atoms with Gasteiger partial charge in [0, 0.05) is 17.0 Å². The molecular weight excluding hydrogens is 282 g/mol. The number of benzene rings is 1. The zero-order valence-corrected chi connectivity index (χ0v) is 12.5. The van der Waals surface area contributed by atoms with Gasteiger partial charge < -0.3 is 14.8 Å². The molecule has 1 unspecified atom stereocenters. The number of carboxylic acid groups (broad SMARTS) is 1. The Bertz CT molecular complexity index is 732. The number of furan rings is 1. The van der Waals surface area contributed by atoms with Gasteiger partial charge in [-0.2, -0.15) is 0 Å². The van der Waals surface area contributed by atoms with E-state index in [1.54, 1.807) is 13.2 Å². The summed E-state index contributed by atoms with van der Waals surface area (Å²) in [5.74, 6) is -1.10. The third-order valence-electron chi connectivity index (χ3n) is 4.11. The van der Waals surface area contributed by atoms with Crippen LogP contribution in [0.15, 0.2) is 22.8 Å². The summed E-state index contributed by atoms with van der Waals surface area (Å²) in [4.78, 5) is 22.7. The number of aliphatic carboxylic acids is 1. The molecule has 0 aliphatic heterocycles. The number of fused-ring (bicyclic) bond motifs is 2. The maximum absolute atomic E-state index is 12.0. The molecule has 2 aromatic rings. The van der Waals surface area contributed by atoms with Crippen LogP contribution in [0.5, 0.6) is 0 Å². The predicted octanol–water partition coefficient (Wildman–Crippen LogP) is 2.44. The van der Waals surface area contributed by atoms with Gasteiger partial charge in [0.05, 0.1) is 19.1 Å². The van der Waals surface area contributed by atoms with E-state index in [2.05, 4.69) is 17.4 Å². The van der Waals surface area contributed by atoms with Crippen molar-refractivity contribution < 1.29 is 19.1 Å². The first-order chi connectivity index (χ1) is 10.5. The smallest absolute Gasteiger partial charge is 0.305 e. The van der Waals surface area contributed by atoms with Crippen LogP contribution >= 0.6 is 0 Å². The zero-order valence-electron chi connectivity index (χ0n) is 12.5. The molecule has 0 spiro atoms. The highest BCUT2D eigenvalue weighted by atomic mass is 16.4. The second-order valence-electron chi connectivity index (χ2n) is 5.97. The standard InChI is InChI=1S/C17H19NO4/c1-10(5-17(20)21)18-16(19)8-13-9-22-15-7-12-4-2-3-11(12)6-14(13)15/h6-7,9-10H,2-5,8H2,1H3,(H,18,19)(H,20,21). The number of amides is 1. The average molecular weight is 301 g/mol. The third-order valence-corrected chi connectivity index (χ3v) is 4.11. The quantitative estimate of drug-likeness (QED) is 0.889. The monoisotopic (exact) mass is 301 g/mol. The predicted molar refractivity (Wildman–Crippen MR) is 81.8 cm³/mol. The van der Waals surface area contributed by atoms with Gasteiger partial charge in [-0.3, -0.25) is 9.59 Å². The van der Waals surface area contributed by atoms with Crippen molar-refractivity contribution in [2.75, 3.05) is 0 Å². The van der Waals surface area contributed by atoms with Gasteiger partial charge in [-0.05, 0) is 49.4 Å². The van der Waals surface area contributed by atoms with E-state index in [-0.39, 0.29) is 24.8 Å². The first kappa shape index (κ1) is 14.6. The van der Waals surface area contributed by atoms with Crippen LogP contribution < -0.4 is 5.32 Å². The molecule has 0 saturated heterocycles. The SMILES string of the molecule is CC(CC(=O)O)NC(=O)Cc1coc2cc3c(cc12)CCC3. The molecule has 0 saturated carbocycles. The van der Waals surface area contributed by atoms with Crippen molar-refractivity contribution in [1.82, 2.24) is 5.32 Å². The van der Waals surface area contributed by atoms with Crippen molar-refractivity contribution in [1.29, 1.82) is 0 Å². The van der Waals surface area contributed by atoms with E-state index < -0.39 is 5.97 Å². The molecule has 1 amide bonds. The van der Waals surface area contributed by atoms with E-state index in [1.165, 1.54) is 17.5 Å². The van der Waals surface area contributed by atoms with E-state index in [0.717, 1.165) is 29.4 Å². The Balaban J connectivity index is 1.74. The van der Waals surface area contributed by atoms with Crippen LogP contribution in [0.2, 0.25) is 0 Å². The lowest BCUT2D eigenvalue weighted by Crippen LogP contribution is -2.35. The molecule has 1 aliphatic rings. The van der Waals surface area contributed by atoms with E-state index in [0.29, 0.717) is 0 Å². The van der Waals surface area contributed by atoms with Crippen molar-refractivity contribution >= 4 is 22.8 Å². The summed E-state index contributed by atoms with van der Waals surface area (Å²) < 4.78 is 5.57. The lowest BCUT2D eigenvalue weighted by atomic mass is 10.0. The molecule has 22 heavy (non-hydrogen) atoms. The Labute approximate surface area is 128 Å². The topological polar surface area (TPSA) is 79.5 Å². The Hall–Kier alpha value is -2.30. The fourth-order valence-corrected chi connectivity index (χ4v) is 3.10. The van der Waals surface area contributed by atoms with Crippen LogP contribution in [-0.4, -0.2) is 23.0 Å². The first-order valence-corrected chi connectivity index (χ1v) is 7.56. The Morgan fingerprint density at radius 3 is 2.77 bits per heavy atom. The summed E-state index contributed by atoms with van der Waals surface area (Å²) >= 11 is 0. The summed E-state index contributed by atoms with van der Waals surface area (Å²) in [6.07, 6.45) is 5.10. The molecular formula is C17H19NO4. The van der Waals surface area contributed by atoms with Crippen LogP contribution in [0.25, 0.3) is 11.0 Å². The number of rotatable bonds is 5. The lowest BCUT2D eigenvalue weighted by molar-refractivity contribution is -0.137. The summed E-state index contributed by atoms with van der Waals surface area (Å²) in [5, 5.41) is 12.4. The molecule has 2 N–H and O–H groups in total. The molecule has 1 aliphatic carbocycles. The Morgan fingerprint density at radius 2 is 2.05 bits per heavy atom. The largest absolute Gasteiger partial charge is 0.481 e. The fraction of sp³-hybridized carbons (Fsp3) is 0.412. The van der Waals surface area contributed by atoms with Crippen LogP contribution in [0, 0.1) is 0 Å². The van der Waals surface area contributed by atoms with Gasteiger partial charge in [-0.1, -0.05) is 0 Å². The van der Waals surface area contributed by atoms with Crippen molar-refractivity contribution in [2.24, 2.45) is 0 Å². The van der Waals surface area contributed by atoms with Gasteiger partial charge in [-0.25, -0.2) is 0 Å². The molecule has 116 valence electrons. The minimum atomic E-state index is -0.919. The van der Waals surface area contributed by atoms with Crippen molar-refractivity contribution in [2.45, 2.75) is 45.1 Å². The van der Waals surface area contributed by atoms with E-state index >= 15 is 0 Å². The maximum atomic E-state index is 12.0. The molecule has 1 atom stereocenters. The van der Waals surface area contributed by atoms with Crippen LogP contribution in [0.1, 0.15) is 36.5 Å². The highest BCUT2D eigenvalue weighted by Gasteiger charge is 2.17. The highest BCUT2D eigenvalue weighted by Crippen LogP contribution is 2.30. The minimum absolute atomic E-state index is 0.0780. The van der Waals surface area contributed by atoms with Gasteiger partial charge in [0.1, 0.15) is 5.58 Å². The number of aryl methyl sites for hydroxylation is 2. The van der Waals surface area contributed by atoms with Gasteiger partial charge >= 0.3 is 5.97 Å². The van der Waals surface area contributed by atoms with Crippen molar-refractivity contribution in [3.63, 3.8) is 0 Å². The maximum Gasteiger partial charge on any atom is 0.305 e. The van der Waals surface area contributed by atoms with Gasteiger partial charge in [-0.15, -0.1) is 0 Å². The number of carbonyl (C=O) groups is 2. The molecule has 1 aromatic carbocycles. The Morgan fingerprint density at radius 1 is 1.32 bits per heavy atom. The van der Waals surface area contributed by atoms with Gasteiger partial charge in [0.2, 0.25) is 5.91 Å². The van der Waals surface area contributed by atoms with E-state index in [9.17, 15) is 9.59 Å². The van der Waals surface area contributed by atoms with Crippen molar-refractivity contribution in [3.8, 4) is 0 Å². The molecule has 5 heteroatoms. The molecule has 0 bridgehead atoms. The van der Waals surface area contributed by atoms with E-state index in [1.807, 2.05) is 0 Å².